The van der Waals surface area contributed by atoms with Crippen LogP contribution in [0.2, 0.25) is 0 Å². The van der Waals surface area contributed by atoms with E-state index >= 15 is 0 Å². The molecule has 1 aromatic rings. The monoisotopic (exact) mass is 249 g/mol. The standard InChI is InChI=1S/C11H18F3N3/c1-4-15-7-10(2,3)8-17-6-5-9(16-17)11(12,13)14/h5-6,15H,4,7-8H2,1-3H3. The zero-order chi connectivity index (χ0) is 13.1. The molecule has 0 saturated heterocycles. The van der Waals surface area contributed by atoms with Gasteiger partial charge >= 0.3 is 6.18 Å². The van der Waals surface area contributed by atoms with Crippen molar-refractivity contribution in [1.82, 2.24) is 15.1 Å². The quantitative estimate of drug-likeness (QED) is 0.869. The molecule has 0 unspecified atom stereocenters. The molecule has 98 valence electrons. The van der Waals surface area contributed by atoms with Gasteiger partial charge in [-0.1, -0.05) is 20.8 Å². The zero-order valence-electron chi connectivity index (χ0n) is 10.3. The molecule has 0 bridgehead atoms. The van der Waals surface area contributed by atoms with E-state index in [-0.39, 0.29) is 5.41 Å². The summed E-state index contributed by atoms with van der Waals surface area (Å²) in [6, 6.07) is 1.00. The summed E-state index contributed by atoms with van der Waals surface area (Å²) in [5, 5.41) is 6.72. The molecule has 1 aromatic heterocycles. The molecule has 0 atom stereocenters. The van der Waals surface area contributed by atoms with Crippen LogP contribution >= 0.6 is 0 Å². The third-order valence-corrected chi connectivity index (χ3v) is 2.37. The second-order valence-corrected chi connectivity index (χ2v) is 4.84. The van der Waals surface area contributed by atoms with Crippen LogP contribution in [0.3, 0.4) is 0 Å². The van der Waals surface area contributed by atoms with E-state index in [4.69, 9.17) is 0 Å². The molecule has 0 saturated carbocycles. The first-order valence-corrected chi connectivity index (χ1v) is 5.56. The van der Waals surface area contributed by atoms with E-state index in [1.165, 1.54) is 10.9 Å². The SMILES string of the molecule is CCNCC(C)(C)Cn1ccc(C(F)(F)F)n1. The van der Waals surface area contributed by atoms with E-state index in [1.54, 1.807) is 0 Å². The Kier molecular flexibility index (Phi) is 4.19. The molecule has 1 N–H and O–H groups in total. The van der Waals surface area contributed by atoms with Crippen molar-refractivity contribution in [3.05, 3.63) is 18.0 Å². The molecule has 0 aliphatic rings. The lowest BCUT2D eigenvalue weighted by Gasteiger charge is -2.24. The van der Waals surface area contributed by atoms with Gasteiger partial charge < -0.3 is 5.32 Å². The van der Waals surface area contributed by atoms with E-state index in [0.717, 1.165) is 19.2 Å². The number of halogens is 3. The third-order valence-electron chi connectivity index (χ3n) is 2.37. The average molecular weight is 249 g/mol. The number of aromatic nitrogens is 2. The van der Waals surface area contributed by atoms with Crippen LogP contribution in [0.15, 0.2) is 12.3 Å². The number of alkyl halides is 3. The van der Waals surface area contributed by atoms with Crippen molar-refractivity contribution in [2.24, 2.45) is 5.41 Å². The maximum Gasteiger partial charge on any atom is 0.435 e. The largest absolute Gasteiger partial charge is 0.435 e. The highest BCUT2D eigenvalue weighted by atomic mass is 19.4. The lowest BCUT2D eigenvalue weighted by atomic mass is 9.93. The fourth-order valence-electron chi connectivity index (χ4n) is 1.56. The molecule has 3 nitrogen and oxygen atoms in total. The number of hydrogen-bond donors (Lipinski definition) is 1. The summed E-state index contributed by atoms with van der Waals surface area (Å²) in [5.41, 5.74) is -0.970. The third kappa shape index (κ3) is 4.38. The summed E-state index contributed by atoms with van der Waals surface area (Å²) < 4.78 is 38.4. The topological polar surface area (TPSA) is 29.9 Å². The first kappa shape index (κ1) is 14.0. The number of rotatable bonds is 5. The van der Waals surface area contributed by atoms with Gasteiger partial charge in [0.25, 0.3) is 0 Å². The molecule has 6 heteroatoms. The van der Waals surface area contributed by atoms with Gasteiger partial charge in [0.15, 0.2) is 5.69 Å². The molecule has 0 amide bonds. The summed E-state index contributed by atoms with van der Waals surface area (Å²) in [6.07, 6.45) is -2.99. The Hall–Kier alpha value is -1.04. The lowest BCUT2D eigenvalue weighted by Crippen LogP contribution is -2.33. The summed E-state index contributed by atoms with van der Waals surface area (Å²) in [7, 11) is 0. The van der Waals surface area contributed by atoms with Gasteiger partial charge in [0.1, 0.15) is 0 Å². The fraction of sp³-hybridized carbons (Fsp3) is 0.727. The van der Waals surface area contributed by atoms with Crippen LogP contribution in [0.5, 0.6) is 0 Å². The summed E-state index contributed by atoms with van der Waals surface area (Å²) >= 11 is 0. The van der Waals surface area contributed by atoms with Crippen molar-refractivity contribution in [3.8, 4) is 0 Å². The zero-order valence-corrected chi connectivity index (χ0v) is 10.3. The Balaban J connectivity index is 2.66. The van der Waals surface area contributed by atoms with Crippen LogP contribution in [0, 0.1) is 5.41 Å². The average Bonchev–Trinajstić information content (AvgIpc) is 2.62. The van der Waals surface area contributed by atoms with Crippen molar-refractivity contribution in [2.45, 2.75) is 33.5 Å². The first-order valence-electron chi connectivity index (χ1n) is 5.56. The van der Waals surface area contributed by atoms with Crippen LogP contribution in [0.25, 0.3) is 0 Å². The Bertz CT molecular complexity index is 355. The second kappa shape index (κ2) is 5.08. The van der Waals surface area contributed by atoms with E-state index in [9.17, 15) is 13.2 Å². The second-order valence-electron chi connectivity index (χ2n) is 4.84. The van der Waals surface area contributed by atoms with Crippen LogP contribution in [-0.4, -0.2) is 22.9 Å². The van der Waals surface area contributed by atoms with E-state index < -0.39 is 11.9 Å². The van der Waals surface area contributed by atoms with Crippen molar-refractivity contribution >= 4 is 0 Å². The first-order chi connectivity index (χ1) is 7.74. The Morgan fingerprint density at radius 2 is 2.00 bits per heavy atom. The lowest BCUT2D eigenvalue weighted by molar-refractivity contribution is -0.141. The fourth-order valence-corrected chi connectivity index (χ4v) is 1.56. The van der Waals surface area contributed by atoms with Crippen LogP contribution in [0.1, 0.15) is 26.5 Å². The van der Waals surface area contributed by atoms with Gasteiger partial charge in [0, 0.05) is 19.3 Å². The maximum atomic E-state index is 12.3. The van der Waals surface area contributed by atoms with Crippen LogP contribution < -0.4 is 5.32 Å². The molecule has 1 rings (SSSR count). The smallest absolute Gasteiger partial charge is 0.316 e. The van der Waals surface area contributed by atoms with Gasteiger partial charge in [0.2, 0.25) is 0 Å². The van der Waals surface area contributed by atoms with Gasteiger partial charge in [-0.2, -0.15) is 18.3 Å². The van der Waals surface area contributed by atoms with E-state index in [0.29, 0.717) is 6.54 Å². The number of nitrogens with zero attached hydrogens (tertiary/aromatic N) is 2. The molecular formula is C11H18F3N3. The molecule has 0 aromatic carbocycles. The molecule has 0 fully saturated rings. The van der Waals surface area contributed by atoms with Gasteiger partial charge in [-0.05, 0) is 18.0 Å². The van der Waals surface area contributed by atoms with E-state index in [1.807, 2.05) is 20.8 Å². The van der Waals surface area contributed by atoms with Crippen LogP contribution in [-0.2, 0) is 12.7 Å². The Morgan fingerprint density at radius 1 is 1.35 bits per heavy atom. The summed E-state index contributed by atoms with van der Waals surface area (Å²) in [4.78, 5) is 0. The van der Waals surface area contributed by atoms with Gasteiger partial charge in [-0.25, -0.2) is 0 Å². The molecule has 17 heavy (non-hydrogen) atoms. The predicted molar refractivity (Wildman–Crippen MR) is 59.6 cm³/mol. The molecule has 1 heterocycles. The predicted octanol–water partition coefficient (Wildman–Crippen LogP) is 2.54. The minimum atomic E-state index is -4.36. The Morgan fingerprint density at radius 3 is 2.47 bits per heavy atom. The summed E-state index contributed by atoms with van der Waals surface area (Å²) in [6.45, 7) is 8.01. The minimum Gasteiger partial charge on any atom is -0.316 e. The van der Waals surface area contributed by atoms with Crippen LogP contribution in [0.4, 0.5) is 13.2 Å². The number of hydrogen-bond acceptors (Lipinski definition) is 2. The molecule has 0 aliphatic heterocycles. The molecule has 0 radical (unpaired) electrons. The van der Waals surface area contributed by atoms with Gasteiger partial charge in [-0.3, -0.25) is 4.68 Å². The van der Waals surface area contributed by atoms with Crippen molar-refractivity contribution in [3.63, 3.8) is 0 Å². The maximum absolute atomic E-state index is 12.3. The van der Waals surface area contributed by atoms with Crippen molar-refractivity contribution in [1.29, 1.82) is 0 Å². The highest BCUT2D eigenvalue weighted by molar-refractivity contribution is 5.03. The highest BCUT2D eigenvalue weighted by Crippen LogP contribution is 2.27. The molecule has 0 aliphatic carbocycles. The highest BCUT2D eigenvalue weighted by Gasteiger charge is 2.33. The van der Waals surface area contributed by atoms with Crippen molar-refractivity contribution < 1.29 is 13.2 Å². The molecule has 0 spiro atoms. The Labute approximate surface area is 99.0 Å². The van der Waals surface area contributed by atoms with E-state index in [2.05, 4.69) is 10.4 Å². The summed E-state index contributed by atoms with van der Waals surface area (Å²) in [5.74, 6) is 0. The minimum absolute atomic E-state index is 0.134. The normalized spacial score (nSPS) is 13.1. The van der Waals surface area contributed by atoms with Crippen molar-refractivity contribution in [2.75, 3.05) is 13.1 Å². The van der Waals surface area contributed by atoms with Gasteiger partial charge in [-0.15, -0.1) is 0 Å². The molecular weight excluding hydrogens is 231 g/mol. The van der Waals surface area contributed by atoms with Gasteiger partial charge in [0.05, 0.1) is 0 Å². The number of nitrogens with one attached hydrogen (secondary N) is 1.